The van der Waals surface area contributed by atoms with Crippen LogP contribution in [0.1, 0.15) is 26.3 Å². The Kier molecular flexibility index (Phi) is 4.72. The molecule has 1 aromatic carbocycles. The number of para-hydroxylation sites is 1. The lowest BCUT2D eigenvalue weighted by molar-refractivity contribution is -0.119. The maximum Gasteiger partial charge on any atom is 0.217 e. The van der Waals surface area contributed by atoms with Crippen LogP contribution >= 0.6 is 34.8 Å². The summed E-state index contributed by atoms with van der Waals surface area (Å²) in [5.41, 5.74) is 3.07. The number of fused-ring (bicyclic) bond motifs is 1. The number of benzene rings is 1. The van der Waals surface area contributed by atoms with Crippen molar-refractivity contribution in [1.29, 1.82) is 0 Å². The molecule has 0 aromatic heterocycles. The molecule has 1 aliphatic rings. The molecule has 1 aromatic rings. The van der Waals surface area contributed by atoms with Crippen molar-refractivity contribution in [3.8, 4) is 0 Å². The van der Waals surface area contributed by atoms with E-state index in [1.165, 1.54) is 12.5 Å². The summed E-state index contributed by atoms with van der Waals surface area (Å²) in [6, 6.07) is 7.45. The van der Waals surface area contributed by atoms with Crippen LogP contribution in [0.2, 0.25) is 0 Å². The van der Waals surface area contributed by atoms with Gasteiger partial charge in [-0.3, -0.25) is 4.79 Å². The number of halogens is 3. The third-order valence-electron chi connectivity index (χ3n) is 3.98. The van der Waals surface area contributed by atoms with Gasteiger partial charge in [-0.25, -0.2) is 0 Å². The molecule has 1 heterocycles. The first-order chi connectivity index (χ1) is 10.0. The lowest BCUT2D eigenvalue weighted by Crippen LogP contribution is -2.42. The summed E-state index contributed by atoms with van der Waals surface area (Å²) >= 11 is 18.1. The number of likely N-dealkylation sites (N-methyl/N-ethyl adjacent to an activating group) is 1. The zero-order valence-electron chi connectivity index (χ0n) is 13.0. The highest BCUT2D eigenvalue weighted by Gasteiger charge is 2.41. The number of carbonyl (C=O) groups is 1. The van der Waals surface area contributed by atoms with Gasteiger partial charge in [0.15, 0.2) is 0 Å². The maximum atomic E-state index is 11.4. The fourth-order valence-electron chi connectivity index (χ4n) is 2.90. The predicted molar refractivity (Wildman–Crippen MR) is 93.8 cm³/mol. The number of hydrogen-bond donors (Lipinski definition) is 1. The van der Waals surface area contributed by atoms with Gasteiger partial charge in [0.2, 0.25) is 9.70 Å². The van der Waals surface area contributed by atoms with Crippen molar-refractivity contribution < 1.29 is 4.79 Å². The van der Waals surface area contributed by atoms with Crippen molar-refractivity contribution >= 4 is 46.4 Å². The normalized spacial score (nSPS) is 20.0. The van der Waals surface area contributed by atoms with Gasteiger partial charge >= 0.3 is 0 Å². The lowest BCUT2D eigenvalue weighted by atomic mass is 9.83. The molecule has 1 unspecified atom stereocenters. The Balaban J connectivity index is 2.49. The molecule has 2 rings (SSSR count). The molecule has 1 amide bonds. The van der Waals surface area contributed by atoms with Crippen molar-refractivity contribution in [2.24, 2.45) is 0 Å². The zero-order chi connectivity index (χ0) is 16.7. The molecule has 1 aliphatic heterocycles. The number of carbonyl (C=O) groups excluding carboxylic acids is 1. The quantitative estimate of drug-likeness (QED) is 0.802. The minimum absolute atomic E-state index is 0.238. The monoisotopic (exact) mass is 360 g/mol. The standard InChI is InChI=1S/C16H19Cl3N2O/c1-10(22)20-13(16(17,18)19)9-14-15(2,3)11-7-5-6-8-12(11)21(14)4/h5-9,13H,1-4H3,(H,20,22)/b14-9-. The van der Waals surface area contributed by atoms with Crippen LogP contribution < -0.4 is 10.2 Å². The van der Waals surface area contributed by atoms with E-state index in [1.54, 1.807) is 0 Å². The summed E-state index contributed by atoms with van der Waals surface area (Å²) in [7, 11) is 1.97. The molecule has 1 atom stereocenters. The third kappa shape index (κ3) is 3.22. The van der Waals surface area contributed by atoms with Gasteiger partial charge in [-0.2, -0.15) is 0 Å². The number of nitrogens with one attached hydrogen (secondary N) is 1. The Morgan fingerprint density at radius 3 is 2.41 bits per heavy atom. The molecule has 0 saturated heterocycles. The highest BCUT2D eigenvalue weighted by Crippen LogP contribution is 2.47. The van der Waals surface area contributed by atoms with Crippen LogP contribution in [0, 0.1) is 0 Å². The van der Waals surface area contributed by atoms with Gasteiger partial charge in [-0.05, 0) is 17.7 Å². The second-order valence-electron chi connectivity index (χ2n) is 5.97. The summed E-state index contributed by atoms with van der Waals surface area (Å²) in [5, 5.41) is 2.69. The van der Waals surface area contributed by atoms with Crippen LogP contribution in [-0.2, 0) is 10.2 Å². The molecule has 6 heteroatoms. The van der Waals surface area contributed by atoms with E-state index in [2.05, 4.69) is 36.2 Å². The molecule has 3 nitrogen and oxygen atoms in total. The van der Waals surface area contributed by atoms with Gasteiger partial charge in [0.25, 0.3) is 0 Å². The minimum Gasteiger partial charge on any atom is -0.347 e. The van der Waals surface area contributed by atoms with Crippen molar-refractivity contribution in [1.82, 2.24) is 5.32 Å². The number of rotatable bonds is 2. The van der Waals surface area contributed by atoms with E-state index in [0.29, 0.717) is 0 Å². The molecule has 0 spiro atoms. The summed E-state index contributed by atoms with van der Waals surface area (Å²) in [6.45, 7) is 5.63. The average molecular weight is 362 g/mol. The van der Waals surface area contributed by atoms with E-state index in [1.807, 2.05) is 25.3 Å². The smallest absolute Gasteiger partial charge is 0.217 e. The Morgan fingerprint density at radius 1 is 1.32 bits per heavy atom. The first-order valence-electron chi connectivity index (χ1n) is 6.94. The summed E-state index contributed by atoms with van der Waals surface area (Å²) in [4.78, 5) is 13.5. The maximum absolute atomic E-state index is 11.4. The number of nitrogens with zero attached hydrogens (tertiary/aromatic N) is 1. The van der Waals surface area contributed by atoms with E-state index in [4.69, 9.17) is 34.8 Å². The van der Waals surface area contributed by atoms with E-state index >= 15 is 0 Å². The first-order valence-corrected chi connectivity index (χ1v) is 8.08. The topological polar surface area (TPSA) is 32.3 Å². The van der Waals surface area contributed by atoms with E-state index in [-0.39, 0.29) is 11.3 Å². The Labute approximate surface area is 146 Å². The molecular weight excluding hydrogens is 343 g/mol. The van der Waals surface area contributed by atoms with Crippen LogP contribution in [-0.4, -0.2) is 22.8 Å². The van der Waals surface area contributed by atoms with Crippen LogP contribution in [0.5, 0.6) is 0 Å². The molecule has 120 valence electrons. The second-order valence-corrected chi connectivity index (χ2v) is 8.34. The van der Waals surface area contributed by atoms with Gasteiger partial charge < -0.3 is 10.2 Å². The molecule has 0 fully saturated rings. The average Bonchev–Trinajstić information content (AvgIpc) is 2.58. The molecule has 0 aliphatic carbocycles. The largest absolute Gasteiger partial charge is 0.347 e. The Bertz CT molecular complexity index is 620. The second kappa shape index (κ2) is 5.95. The number of allylic oxidation sites excluding steroid dienone is 1. The predicted octanol–water partition coefficient (Wildman–Crippen LogP) is 4.17. The summed E-state index contributed by atoms with van der Waals surface area (Å²) < 4.78 is -1.62. The van der Waals surface area contributed by atoms with E-state index < -0.39 is 9.83 Å². The highest BCUT2D eigenvalue weighted by atomic mass is 35.6. The fourth-order valence-corrected chi connectivity index (χ4v) is 3.25. The summed E-state index contributed by atoms with van der Waals surface area (Å²) in [6.07, 6.45) is 1.83. The summed E-state index contributed by atoms with van der Waals surface area (Å²) in [5.74, 6) is -0.246. The third-order valence-corrected chi connectivity index (χ3v) is 4.68. The molecule has 1 N–H and O–H groups in total. The van der Waals surface area contributed by atoms with Gasteiger partial charge in [0.1, 0.15) is 0 Å². The molecule has 22 heavy (non-hydrogen) atoms. The number of anilines is 1. The lowest BCUT2D eigenvalue weighted by Gasteiger charge is -2.29. The van der Waals surface area contributed by atoms with Gasteiger partial charge in [-0.1, -0.05) is 66.8 Å². The van der Waals surface area contributed by atoms with Crippen molar-refractivity contribution in [2.75, 3.05) is 11.9 Å². The van der Waals surface area contributed by atoms with Crippen molar-refractivity contribution in [3.63, 3.8) is 0 Å². The van der Waals surface area contributed by atoms with Gasteiger partial charge in [0.05, 0.1) is 6.04 Å². The Morgan fingerprint density at radius 2 is 1.91 bits per heavy atom. The van der Waals surface area contributed by atoms with Crippen molar-refractivity contribution in [2.45, 2.75) is 36.0 Å². The van der Waals surface area contributed by atoms with E-state index in [0.717, 1.165) is 11.4 Å². The molecule has 0 saturated carbocycles. The van der Waals surface area contributed by atoms with E-state index in [9.17, 15) is 4.79 Å². The molecule has 0 radical (unpaired) electrons. The molecule has 0 bridgehead atoms. The highest BCUT2D eigenvalue weighted by molar-refractivity contribution is 6.68. The fraction of sp³-hybridized carbons (Fsp3) is 0.438. The van der Waals surface area contributed by atoms with Gasteiger partial charge in [-0.15, -0.1) is 0 Å². The van der Waals surface area contributed by atoms with Crippen LogP contribution in [0.3, 0.4) is 0 Å². The van der Waals surface area contributed by atoms with Gasteiger partial charge in [0, 0.05) is 30.8 Å². The zero-order valence-corrected chi connectivity index (χ0v) is 15.2. The SMILES string of the molecule is CC(=O)NC(/C=C1\N(C)c2ccccc2C1(C)C)C(Cl)(Cl)Cl. The number of hydrogen-bond acceptors (Lipinski definition) is 2. The molecular formula is C16H19Cl3N2O. The van der Waals surface area contributed by atoms with Crippen LogP contribution in [0.4, 0.5) is 5.69 Å². The number of alkyl halides is 3. The number of amides is 1. The van der Waals surface area contributed by atoms with Crippen LogP contribution in [0.15, 0.2) is 36.0 Å². The van der Waals surface area contributed by atoms with Crippen LogP contribution in [0.25, 0.3) is 0 Å². The first kappa shape index (κ1) is 17.5. The Hall–Kier alpha value is -0.900. The van der Waals surface area contributed by atoms with Crippen molar-refractivity contribution in [3.05, 3.63) is 41.6 Å². The minimum atomic E-state index is -1.62.